The SMILES string of the molecule is CC1=CC(C)=C(C)C1.CC1=NC(C)=C(C)C1.CC1CCS(=O)(=O)C1.Cc1c(C)c(C)c(C)c(C)c1C.Cc1nc(C)c(C)c(C)c1C.Cc1nc(C)c(C)c(C)n1.Cc1nc(C)c(C)nc1C.Cc1nnc(C)c(C)c1C. The molecule has 3 aliphatic rings. The summed E-state index contributed by atoms with van der Waals surface area (Å²) in [5, 5.41) is 7.98. The molecule has 1 aliphatic carbocycles. The van der Waals surface area contributed by atoms with E-state index in [1.807, 2.05) is 76.2 Å². The summed E-state index contributed by atoms with van der Waals surface area (Å²) in [4.78, 5) is 25.8. The summed E-state index contributed by atoms with van der Waals surface area (Å²) in [6, 6.07) is 0. The second-order valence-electron chi connectivity index (χ2n) is 22.2. The molecule has 77 heavy (non-hydrogen) atoms. The zero-order valence-electron chi connectivity index (χ0n) is 54.0. The van der Waals surface area contributed by atoms with E-state index in [1.165, 1.54) is 107 Å². The van der Waals surface area contributed by atoms with Crippen molar-refractivity contribution in [2.45, 2.75) is 227 Å². The van der Waals surface area contributed by atoms with E-state index in [0.29, 0.717) is 17.4 Å². The van der Waals surface area contributed by atoms with Gasteiger partial charge in [0.05, 0.1) is 45.7 Å². The van der Waals surface area contributed by atoms with E-state index in [4.69, 9.17) is 0 Å². The first-order valence-electron chi connectivity index (χ1n) is 27.4. The van der Waals surface area contributed by atoms with Crippen LogP contribution in [0.5, 0.6) is 0 Å². The Hall–Kier alpha value is -5.55. The largest absolute Gasteiger partial charge is 0.263 e. The Morgan fingerprint density at radius 1 is 0.377 bits per heavy atom. The summed E-state index contributed by atoms with van der Waals surface area (Å²) in [6.45, 7) is 62.6. The second kappa shape index (κ2) is 31.1. The van der Waals surface area contributed by atoms with Gasteiger partial charge in [-0.1, -0.05) is 29.7 Å². The number of sulfone groups is 1. The molecule has 0 N–H and O–H groups in total. The van der Waals surface area contributed by atoms with Crippen LogP contribution >= 0.6 is 0 Å². The van der Waals surface area contributed by atoms with Crippen molar-refractivity contribution in [2.24, 2.45) is 10.9 Å². The monoisotopic (exact) mass is 1070 g/mol. The van der Waals surface area contributed by atoms with Crippen molar-refractivity contribution in [3.8, 4) is 0 Å². The van der Waals surface area contributed by atoms with Crippen molar-refractivity contribution in [2.75, 3.05) is 11.5 Å². The van der Waals surface area contributed by atoms with Gasteiger partial charge in [-0.15, -0.1) is 0 Å². The predicted octanol–water partition coefficient (Wildman–Crippen LogP) is 16.6. The first-order valence-corrected chi connectivity index (χ1v) is 29.2. The maximum absolute atomic E-state index is 10.6. The minimum Gasteiger partial charge on any atom is -0.263 e. The van der Waals surface area contributed by atoms with Gasteiger partial charge in [-0.2, -0.15) is 10.2 Å². The molecule has 10 nitrogen and oxygen atoms in total. The number of nitrogens with zero attached hydrogens (tertiary/aromatic N) is 8. The third-order valence-corrected chi connectivity index (χ3v) is 18.0. The van der Waals surface area contributed by atoms with Crippen molar-refractivity contribution < 1.29 is 8.42 Å². The van der Waals surface area contributed by atoms with E-state index in [0.717, 1.165) is 75.6 Å². The van der Waals surface area contributed by atoms with Gasteiger partial charge in [0.25, 0.3) is 0 Å². The number of aliphatic imine (C=N–C) groups is 1. The van der Waals surface area contributed by atoms with E-state index in [9.17, 15) is 8.42 Å². The Labute approximate surface area is 469 Å². The Morgan fingerprint density at radius 2 is 0.701 bits per heavy atom. The van der Waals surface area contributed by atoms with Crippen LogP contribution in [0, 0.1) is 165 Å². The summed E-state index contributed by atoms with van der Waals surface area (Å²) in [5.41, 5.74) is 35.5. The fourth-order valence-corrected chi connectivity index (χ4v) is 10.5. The summed E-state index contributed by atoms with van der Waals surface area (Å²) in [7, 11) is -2.60. The average molecular weight is 1070 g/mol. The van der Waals surface area contributed by atoms with Gasteiger partial charge >= 0.3 is 0 Å². The Morgan fingerprint density at radius 3 is 0.922 bits per heavy atom. The first kappa shape index (κ1) is 69.5. The fraction of sp³-hybridized carbons (Fsp3) is 0.545. The average Bonchev–Trinajstić information content (AvgIpc) is 3.96. The Bertz CT molecular complexity index is 2850. The van der Waals surface area contributed by atoms with Gasteiger partial charge in [0.15, 0.2) is 9.84 Å². The van der Waals surface area contributed by atoms with Gasteiger partial charge in [-0.05, 0) is 292 Å². The number of allylic oxidation sites excluding steroid dienone is 6. The highest BCUT2D eigenvalue weighted by Gasteiger charge is 2.23. The predicted molar refractivity (Wildman–Crippen MR) is 331 cm³/mol. The number of benzene rings is 1. The molecule has 2 aliphatic heterocycles. The maximum atomic E-state index is 10.6. The first-order chi connectivity index (χ1) is 35.3. The lowest BCUT2D eigenvalue weighted by molar-refractivity contribution is 0.599. The molecular weight excluding hydrogens is 969 g/mol. The highest BCUT2D eigenvalue weighted by atomic mass is 32.2. The van der Waals surface area contributed by atoms with Crippen LogP contribution in [-0.2, 0) is 9.84 Å². The number of rotatable bonds is 0. The molecule has 0 spiro atoms. The topological polar surface area (TPSA) is 137 Å². The zero-order valence-corrected chi connectivity index (χ0v) is 54.8. The van der Waals surface area contributed by atoms with E-state index in [-0.39, 0.29) is 0 Å². The lowest BCUT2D eigenvalue weighted by Crippen LogP contribution is -2.01. The van der Waals surface area contributed by atoms with Crippen LogP contribution in [0.15, 0.2) is 39.1 Å². The van der Waals surface area contributed by atoms with Gasteiger partial charge in [0, 0.05) is 40.6 Å². The van der Waals surface area contributed by atoms with Crippen LogP contribution in [0.2, 0.25) is 0 Å². The summed E-state index contributed by atoms with van der Waals surface area (Å²) in [6.07, 6.45) is 5.41. The normalized spacial score (nSPS) is 14.8. The number of hydrogen-bond acceptors (Lipinski definition) is 10. The maximum Gasteiger partial charge on any atom is 0.150 e. The summed E-state index contributed by atoms with van der Waals surface area (Å²) in [5.74, 6) is 2.09. The number of aryl methyl sites for hydroxylation is 11. The lowest BCUT2D eigenvalue weighted by atomic mass is 9.90. The van der Waals surface area contributed by atoms with Crippen LogP contribution in [0.4, 0.5) is 0 Å². The highest BCUT2D eigenvalue weighted by molar-refractivity contribution is 7.91. The van der Waals surface area contributed by atoms with Crippen molar-refractivity contribution >= 4 is 15.5 Å². The van der Waals surface area contributed by atoms with Crippen molar-refractivity contribution in [1.82, 2.24) is 35.1 Å². The molecule has 424 valence electrons. The van der Waals surface area contributed by atoms with E-state index < -0.39 is 9.84 Å². The second-order valence-corrected chi connectivity index (χ2v) is 24.4. The van der Waals surface area contributed by atoms with Gasteiger partial charge in [-0.3, -0.25) is 19.9 Å². The van der Waals surface area contributed by atoms with E-state index in [1.54, 1.807) is 0 Å². The van der Waals surface area contributed by atoms with Crippen LogP contribution in [0.3, 0.4) is 0 Å². The quantitative estimate of drug-likeness (QED) is 0.148. The third kappa shape index (κ3) is 22.0. The molecule has 5 aromatic rings. The minimum atomic E-state index is -2.60. The molecule has 1 unspecified atom stereocenters. The molecule has 8 rings (SSSR count). The molecule has 0 bridgehead atoms. The third-order valence-electron chi connectivity index (χ3n) is 16.0. The molecule has 0 amide bonds. The molecule has 6 heterocycles. The molecule has 0 saturated carbocycles. The highest BCUT2D eigenvalue weighted by Crippen LogP contribution is 2.26. The number of aromatic nitrogens is 7. The lowest BCUT2D eigenvalue weighted by Gasteiger charge is -2.15. The number of hydrogen-bond donors (Lipinski definition) is 0. The van der Waals surface area contributed by atoms with Crippen LogP contribution in [0.25, 0.3) is 0 Å². The molecule has 1 atom stereocenters. The molecule has 1 fully saturated rings. The van der Waals surface area contributed by atoms with Crippen molar-refractivity contribution in [3.63, 3.8) is 0 Å². The standard InChI is InChI=1S/C12H18.C10H15N.3C8H12N2.C8H12.C7H11N.C5H10O2S/c1-7-8(2)10(4)12(6)11(5)9(7)3;1-6-7(2)9(4)11-10(5)8(6)3;1-5-6(2)10-8(4)7(3)9-5;1-5-6(2)9-8(4)10-7(5)3;1-5-6(2)8(4)10-9-7(5)3;1-6-4-7(2)8(3)5-6;1-5-4-6(2)8-7(5)3;1-5-2-3-8(6,7)4-5/h1-6H3;1-5H3;3*1-4H3;4H,5H2,1-3H3;4H2,1-3H3;5H,2-4H2,1H3. The Kier molecular flexibility index (Phi) is 28.1. The van der Waals surface area contributed by atoms with Crippen LogP contribution in [0.1, 0.15) is 197 Å². The fourth-order valence-electron chi connectivity index (χ4n) is 8.56. The van der Waals surface area contributed by atoms with Gasteiger partial charge in [0.1, 0.15) is 5.82 Å². The molecule has 1 aromatic carbocycles. The number of pyridine rings is 1. The summed E-state index contributed by atoms with van der Waals surface area (Å²) >= 11 is 0. The van der Waals surface area contributed by atoms with Crippen LogP contribution in [-0.4, -0.2) is 60.8 Å². The molecule has 4 aromatic heterocycles. The van der Waals surface area contributed by atoms with E-state index in [2.05, 4.69) is 178 Å². The van der Waals surface area contributed by atoms with E-state index >= 15 is 0 Å². The minimum absolute atomic E-state index is 0.403. The smallest absolute Gasteiger partial charge is 0.150 e. The van der Waals surface area contributed by atoms with Crippen molar-refractivity contribution in [3.05, 3.63) is 164 Å². The Balaban J connectivity index is 0.000000442. The molecule has 1 saturated heterocycles. The summed E-state index contributed by atoms with van der Waals surface area (Å²) < 4.78 is 21.3. The molecular formula is C66H102N8O2S. The van der Waals surface area contributed by atoms with Gasteiger partial charge in [-0.25, -0.2) is 18.4 Å². The molecule has 0 radical (unpaired) electrons. The zero-order chi connectivity index (χ0) is 59.7. The van der Waals surface area contributed by atoms with Crippen molar-refractivity contribution in [1.29, 1.82) is 0 Å². The van der Waals surface area contributed by atoms with Crippen LogP contribution < -0.4 is 0 Å². The molecule has 11 heteroatoms. The van der Waals surface area contributed by atoms with Gasteiger partial charge in [0.2, 0.25) is 0 Å². The van der Waals surface area contributed by atoms with Gasteiger partial charge < -0.3 is 0 Å².